The molecule has 2 N–H and O–H groups in total. The van der Waals surface area contributed by atoms with Crippen molar-refractivity contribution in [3.63, 3.8) is 0 Å². The zero-order chi connectivity index (χ0) is 14.9. The summed E-state index contributed by atoms with van der Waals surface area (Å²) < 4.78 is 5.21. The van der Waals surface area contributed by atoms with E-state index in [2.05, 4.69) is 15.5 Å². The fourth-order valence-corrected chi connectivity index (χ4v) is 2.97. The van der Waals surface area contributed by atoms with E-state index in [-0.39, 0.29) is 17.8 Å². The van der Waals surface area contributed by atoms with Gasteiger partial charge in [-0.05, 0) is 45.6 Å². The maximum atomic E-state index is 12.4. The highest BCUT2D eigenvalue weighted by atomic mass is 16.5. The number of hydrogen-bond donors (Lipinski definition) is 2. The van der Waals surface area contributed by atoms with Crippen LogP contribution >= 0.6 is 0 Å². The second-order valence-electron chi connectivity index (χ2n) is 6.25. The lowest BCUT2D eigenvalue weighted by Gasteiger charge is -2.21. The van der Waals surface area contributed by atoms with Gasteiger partial charge in [-0.15, -0.1) is 0 Å². The predicted molar refractivity (Wildman–Crippen MR) is 74.7 cm³/mol. The van der Waals surface area contributed by atoms with E-state index in [1.807, 2.05) is 6.92 Å². The van der Waals surface area contributed by atoms with Gasteiger partial charge < -0.3 is 19.8 Å². The SMILES string of the molecule is CC1(O)CCCN(C(=O)c2noc(C3CCCN3)n2)CC1. The normalized spacial score (nSPS) is 30.4. The molecule has 2 saturated heterocycles. The van der Waals surface area contributed by atoms with E-state index in [1.54, 1.807) is 4.90 Å². The molecule has 0 aromatic carbocycles. The first-order valence-corrected chi connectivity index (χ1v) is 7.64. The standard InChI is InChI=1S/C14H22N4O3/c1-14(20)5-3-8-18(9-6-14)13(19)11-16-12(21-17-11)10-4-2-7-15-10/h10,15,20H,2-9H2,1H3. The van der Waals surface area contributed by atoms with Crippen molar-refractivity contribution in [2.75, 3.05) is 19.6 Å². The van der Waals surface area contributed by atoms with Crippen LogP contribution in [-0.2, 0) is 0 Å². The molecule has 116 valence electrons. The fraction of sp³-hybridized carbons (Fsp3) is 0.786. The Balaban J connectivity index is 1.67. The van der Waals surface area contributed by atoms with Crippen LogP contribution in [0.5, 0.6) is 0 Å². The highest BCUT2D eigenvalue weighted by Gasteiger charge is 2.30. The maximum absolute atomic E-state index is 12.4. The summed E-state index contributed by atoms with van der Waals surface area (Å²) in [7, 11) is 0. The molecule has 0 radical (unpaired) electrons. The van der Waals surface area contributed by atoms with Crippen molar-refractivity contribution in [2.24, 2.45) is 0 Å². The average molecular weight is 294 g/mol. The number of nitrogens with zero attached hydrogens (tertiary/aromatic N) is 3. The molecule has 2 atom stereocenters. The predicted octanol–water partition coefficient (Wildman–Crippen LogP) is 0.871. The Bertz CT molecular complexity index is 508. The average Bonchev–Trinajstić information content (AvgIpc) is 3.08. The van der Waals surface area contributed by atoms with Gasteiger partial charge in [-0.3, -0.25) is 4.79 Å². The van der Waals surface area contributed by atoms with Crippen LogP contribution in [0.2, 0.25) is 0 Å². The minimum absolute atomic E-state index is 0.0731. The van der Waals surface area contributed by atoms with Gasteiger partial charge in [0.1, 0.15) is 0 Å². The number of likely N-dealkylation sites (tertiary alicyclic amines) is 1. The molecule has 1 aromatic heterocycles. The number of carbonyl (C=O) groups is 1. The Morgan fingerprint density at radius 1 is 1.43 bits per heavy atom. The van der Waals surface area contributed by atoms with Crippen molar-refractivity contribution in [3.8, 4) is 0 Å². The highest BCUT2D eigenvalue weighted by Crippen LogP contribution is 2.23. The number of carbonyl (C=O) groups excluding carboxylic acids is 1. The van der Waals surface area contributed by atoms with E-state index in [0.717, 1.165) is 25.8 Å². The number of nitrogens with one attached hydrogen (secondary N) is 1. The first-order valence-electron chi connectivity index (χ1n) is 7.64. The Morgan fingerprint density at radius 2 is 2.29 bits per heavy atom. The Labute approximate surface area is 123 Å². The third-order valence-corrected chi connectivity index (χ3v) is 4.34. The molecule has 21 heavy (non-hydrogen) atoms. The number of amides is 1. The smallest absolute Gasteiger partial charge is 0.295 e. The third-order valence-electron chi connectivity index (χ3n) is 4.34. The van der Waals surface area contributed by atoms with Gasteiger partial charge in [0.05, 0.1) is 11.6 Å². The lowest BCUT2D eigenvalue weighted by molar-refractivity contribution is 0.0436. The van der Waals surface area contributed by atoms with Crippen molar-refractivity contribution >= 4 is 5.91 Å². The molecule has 0 spiro atoms. The summed E-state index contributed by atoms with van der Waals surface area (Å²) in [4.78, 5) is 18.4. The van der Waals surface area contributed by atoms with Crippen LogP contribution < -0.4 is 5.32 Å². The second-order valence-corrected chi connectivity index (χ2v) is 6.25. The molecule has 2 aliphatic rings. The van der Waals surface area contributed by atoms with Gasteiger partial charge in [0.25, 0.3) is 11.7 Å². The van der Waals surface area contributed by atoms with Crippen LogP contribution in [0.3, 0.4) is 0 Å². The number of rotatable bonds is 2. The van der Waals surface area contributed by atoms with Crippen LogP contribution in [0.15, 0.2) is 4.52 Å². The number of aromatic nitrogens is 2. The van der Waals surface area contributed by atoms with E-state index in [9.17, 15) is 9.90 Å². The summed E-state index contributed by atoms with van der Waals surface area (Å²) in [6.45, 7) is 3.91. The van der Waals surface area contributed by atoms with E-state index in [0.29, 0.717) is 31.8 Å². The van der Waals surface area contributed by atoms with Crippen LogP contribution in [0, 0.1) is 0 Å². The molecule has 1 amide bonds. The first-order chi connectivity index (χ1) is 10.1. The van der Waals surface area contributed by atoms with Gasteiger partial charge in [0, 0.05) is 13.1 Å². The summed E-state index contributed by atoms with van der Waals surface area (Å²) in [6, 6.07) is 0.0731. The Morgan fingerprint density at radius 3 is 3.05 bits per heavy atom. The molecular formula is C14H22N4O3. The molecule has 7 heteroatoms. The van der Waals surface area contributed by atoms with E-state index < -0.39 is 5.60 Å². The largest absolute Gasteiger partial charge is 0.390 e. The summed E-state index contributed by atoms with van der Waals surface area (Å²) in [5.74, 6) is 0.415. The van der Waals surface area contributed by atoms with E-state index in [4.69, 9.17) is 4.52 Å². The fourth-order valence-electron chi connectivity index (χ4n) is 2.97. The Hall–Kier alpha value is -1.47. The number of hydrogen-bond acceptors (Lipinski definition) is 6. The molecule has 7 nitrogen and oxygen atoms in total. The minimum atomic E-state index is -0.689. The van der Waals surface area contributed by atoms with Crippen molar-refractivity contribution in [3.05, 3.63) is 11.7 Å². The molecule has 2 unspecified atom stereocenters. The minimum Gasteiger partial charge on any atom is -0.390 e. The van der Waals surface area contributed by atoms with Crippen LogP contribution in [0.4, 0.5) is 0 Å². The van der Waals surface area contributed by atoms with Crippen LogP contribution in [0.1, 0.15) is 61.6 Å². The maximum Gasteiger partial charge on any atom is 0.295 e. The quantitative estimate of drug-likeness (QED) is 0.841. The molecule has 1 aromatic rings. The molecular weight excluding hydrogens is 272 g/mol. The Kier molecular flexibility index (Phi) is 3.95. The van der Waals surface area contributed by atoms with Gasteiger partial charge in [0.2, 0.25) is 5.89 Å². The molecule has 0 bridgehead atoms. The zero-order valence-electron chi connectivity index (χ0n) is 12.3. The first kappa shape index (κ1) is 14.5. The van der Waals surface area contributed by atoms with Gasteiger partial charge >= 0.3 is 0 Å². The van der Waals surface area contributed by atoms with Crippen LogP contribution in [0.25, 0.3) is 0 Å². The van der Waals surface area contributed by atoms with Crippen molar-refractivity contribution in [2.45, 2.75) is 50.7 Å². The topological polar surface area (TPSA) is 91.5 Å². The molecule has 2 fully saturated rings. The van der Waals surface area contributed by atoms with Gasteiger partial charge in [-0.25, -0.2) is 0 Å². The van der Waals surface area contributed by atoms with Gasteiger partial charge in [-0.1, -0.05) is 5.16 Å². The van der Waals surface area contributed by atoms with E-state index >= 15 is 0 Å². The van der Waals surface area contributed by atoms with Crippen molar-refractivity contribution in [1.82, 2.24) is 20.4 Å². The summed E-state index contributed by atoms with van der Waals surface area (Å²) >= 11 is 0. The zero-order valence-corrected chi connectivity index (χ0v) is 12.3. The summed E-state index contributed by atoms with van der Waals surface area (Å²) in [5.41, 5.74) is -0.689. The molecule has 0 saturated carbocycles. The van der Waals surface area contributed by atoms with Crippen molar-refractivity contribution < 1.29 is 14.4 Å². The summed E-state index contributed by atoms with van der Waals surface area (Å²) in [5, 5.41) is 17.2. The lowest BCUT2D eigenvalue weighted by Crippen LogP contribution is -2.34. The monoisotopic (exact) mass is 294 g/mol. The number of aliphatic hydroxyl groups is 1. The molecule has 3 heterocycles. The van der Waals surface area contributed by atoms with Crippen molar-refractivity contribution in [1.29, 1.82) is 0 Å². The summed E-state index contributed by atoms with van der Waals surface area (Å²) in [6.07, 6.45) is 4.11. The van der Waals surface area contributed by atoms with Gasteiger partial charge in [-0.2, -0.15) is 4.98 Å². The van der Waals surface area contributed by atoms with Gasteiger partial charge in [0.15, 0.2) is 0 Å². The molecule has 3 rings (SSSR count). The van der Waals surface area contributed by atoms with Crippen LogP contribution in [-0.4, -0.2) is 51.3 Å². The second kappa shape index (κ2) is 5.73. The highest BCUT2D eigenvalue weighted by molar-refractivity contribution is 5.90. The molecule has 2 aliphatic heterocycles. The third kappa shape index (κ3) is 3.24. The molecule has 0 aliphatic carbocycles. The van der Waals surface area contributed by atoms with E-state index in [1.165, 1.54) is 0 Å². The lowest BCUT2D eigenvalue weighted by atomic mass is 9.98.